The summed E-state index contributed by atoms with van der Waals surface area (Å²) in [6, 6.07) is 7.75. The van der Waals surface area contributed by atoms with Crippen molar-refractivity contribution >= 4 is 23.5 Å². The Balaban J connectivity index is 0.00000186. The van der Waals surface area contributed by atoms with Crippen LogP contribution < -0.4 is 5.32 Å². The molecular weight excluding hydrogens is 466 g/mol. The lowest BCUT2D eigenvalue weighted by molar-refractivity contribution is -0.140. The number of esters is 1. The lowest BCUT2D eigenvalue weighted by Crippen LogP contribution is -2.24. The van der Waals surface area contributed by atoms with Crippen LogP contribution in [0.15, 0.2) is 54.5 Å². The molecule has 8 heteroatoms. The number of hydrogen-bond donors (Lipinski definition) is 1. The van der Waals surface area contributed by atoms with Crippen LogP contribution in [-0.4, -0.2) is 38.0 Å². The number of rotatable bonds is 8. The summed E-state index contributed by atoms with van der Waals surface area (Å²) in [6.45, 7) is 12.8. The van der Waals surface area contributed by atoms with E-state index in [0.29, 0.717) is 25.1 Å². The molecule has 1 aliphatic heterocycles. The first-order valence-electron chi connectivity index (χ1n) is 12.9. The Bertz CT molecular complexity index is 1280. The molecule has 1 saturated heterocycles. The first kappa shape index (κ1) is 27.6. The van der Waals surface area contributed by atoms with Crippen molar-refractivity contribution in [2.24, 2.45) is 0 Å². The van der Waals surface area contributed by atoms with Crippen molar-refractivity contribution in [1.82, 2.24) is 24.9 Å². The number of allylic oxidation sites excluding steroid dienone is 2. The summed E-state index contributed by atoms with van der Waals surface area (Å²) in [5.74, 6) is -0.471. The zero-order chi connectivity index (χ0) is 26.9. The second kappa shape index (κ2) is 12.9. The minimum atomic E-state index is -0.394. The minimum Gasteiger partial charge on any atom is -0.464 e. The summed E-state index contributed by atoms with van der Waals surface area (Å²) >= 11 is 0. The van der Waals surface area contributed by atoms with Crippen molar-refractivity contribution in [3.63, 3.8) is 0 Å². The summed E-state index contributed by atoms with van der Waals surface area (Å²) in [6.07, 6.45) is 10.6. The van der Waals surface area contributed by atoms with Crippen molar-refractivity contribution < 1.29 is 14.3 Å². The van der Waals surface area contributed by atoms with Crippen LogP contribution in [0.1, 0.15) is 75.9 Å². The highest BCUT2D eigenvalue weighted by Gasteiger charge is 2.29. The zero-order valence-corrected chi connectivity index (χ0v) is 22.6. The lowest BCUT2D eigenvalue weighted by Gasteiger charge is -2.11. The molecule has 196 valence electrons. The highest BCUT2D eigenvalue weighted by atomic mass is 16.5. The fraction of sp³-hybridized carbons (Fsp3) is 0.379. The van der Waals surface area contributed by atoms with Gasteiger partial charge in [-0.3, -0.25) is 9.48 Å². The third kappa shape index (κ3) is 6.44. The predicted octanol–water partition coefficient (Wildman–Crippen LogP) is 5.42. The summed E-state index contributed by atoms with van der Waals surface area (Å²) in [7, 11) is 0. The quantitative estimate of drug-likeness (QED) is 0.327. The standard InChI is InChI=1S/C27H31N5O3.C2H6/c1-5-18(3)13-25-23(16-30-32(25)21-9-7-19(4)8-10-21)22(6-2)26(33)28-14-20-15-29-31(17-20)24-11-12-35-27(24)34;1-2/h6-10,13,15-17,24H,5,11-12,14H2,1-4H3,(H,28,33);1-2H3/b18-13+,22-6+;. The molecule has 1 atom stereocenters. The molecule has 4 rings (SSSR count). The maximum absolute atomic E-state index is 13.2. The van der Waals surface area contributed by atoms with Gasteiger partial charge in [-0.1, -0.05) is 50.1 Å². The third-order valence-electron chi connectivity index (χ3n) is 6.18. The molecular formula is C29H37N5O3. The van der Waals surface area contributed by atoms with Crippen molar-refractivity contribution in [2.75, 3.05) is 6.61 Å². The number of carbonyl (C=O) groups is 2. The van der Waals surface area contributed by atoms with Gasteiger partial charge in [0.15, 0.2) is 6.04 Å². The number of nitrogens with zero attached hydrogens (tertiary/aromatic N) is 4. The molecule has 3 aromatic rings. The Labute approximate surface area is 219 Å². The smallest absolute Gasteiger partial charge is 0.331 e. The fourth-order valence-electron chi connectivity index (χ4n) is 3.98. The Morgan fingerprint density at radius 3 is 2.54 bits per heavy atom. The Hall–Kier alpha value is -3.94. The number of aromatic nitrogens is 4. The molecule has 0 saturated carbocycles. The van der Waals surface area contributed by atoms with Crippen molar-refractivity contribution in [3.05, 3.63) is 76.9 Å². The predicted molar refractivity (Wildman–Crippen MR) is 146 cm³/mol. The van der Waals surface area contributed by atoms with E-state index >= 15 is 0 Å². The van der Waals surface area contributed by atoms with Crippen molar-refractivity contribution in [2.45, 2.75) is 67.0 Å². The number of cyclic esters (lactones) is 1. The largest absolute Gasteiger partial charge is 0.464 e. The second-order valence-electron chi connectivity index (χ2n) is 8.72. The van der Waals surface area contributed by atoms with Gasteiger partial charge in [-0.25, -0.2) is 9.48 Å². The Kier molecular flexibility index (Phi) is 9.60. The number of benzene rings is 1. The van der Waals surface area contributed by atoms with Gasteiger partial charge in [0.05, 0.1) is 30.4 Å². The first-order valence-corrected chi connectivity index (χ1v) is 12.9. The molecule has 0 aliphatic carbocycles. The van der Waals surface area contributed by atoms with E-state index in [0.717, 1.165) is 28.9 Å². The van der Waals surface area contributed by atoms with Crippen molar-refractivity contribution in [3.8, 4) is 5.69 Å². The minimum absolute atomic E-state index is 0.201. The number of aryl methyl sites for hydroxylation is 1. The fourth-order valence-corrected chi connectivity index (χ4v) is 3.98. The van der Waals surface area contributed by atoms with E-state index in [1.54, 1.807) is 23.3 Å². The van der Waals surface area contributed by atoms with E-state index in [2.05, 4.69) is 35.4 Å². The summed E-state index contributed by atoms with van der Waals surface area (Å²) < 4.78 is 8.50. The number of hydrogen-bond acceptors (Lipinski definition) is 5. The van der Waals surface area contributed by atoms with Crippen molar-refractivity contribution in [1.29, 1.82) is 0 Å². The highest BCUT2D eigenvalue weighted by molar-refractivity contribution is 6.20. The normalized spacial score (nSPS) is 15.7. The summed E-state index contributed by atoms with van der Waals surface area (Å²) in [5.41, 5.74) is 6.28. The van der Waals surface area contributed by atoms with E-state index < -0.39 is 6.04 Å². The number of ether oxygens (including phenoxy) is 1. The maximum Gasteiger partial charge on any atom is 0.331 e. The molecule has 3 heterocycles. The van der Waals surface area contributed by atoms with Gasteiger partial charge in [-0.2, -0.15) is 10.2 Å². The molecule has 0 radical (unpaired) electrons. The van der Waals surface area contributed by atoms with Gasteiger partial charge < -0.3 is 10.1 Å². The average Bonchev–Trinajstić information content (AvgIpc) is 3.65. The molecule has 8 nitrogen and oxygen atoms in total. The van der Waals surface area contributed by atoms with E-state index in [1.807, 2.05) is 62.7 Å². The number of carbonyl (C=O) groups excluding carboxylic acids is 2. The molecule has 0 bridgehead atoms. The molecule has 1 amide bonds. The van der Waals surface area contributed by atoms with E-state index in [9.17, 15) is 9.59 Å². The Morgan fingerprint density at radius 2 is 1.92 bits per heavy atom. The zero-order valence-electron chi connectivity index (χ0n) is 22.6. The van der Waals surface area contributed by atoms with Crippen LogP contribution in [0.2, 0.25) is 0 Å². The maximum atomic E-state index is 13.2. The van der Waals surface area contributed by atoms with Crippen LogP contribution in [0.4, 0.5) is 0 Å². The van der Waals surface area contributed by atoms with Gasteiger partial charge in [0.25, 0.3) is 5.91 Å². The topological polar surface area (TPSA) is 91.0 Å². The second-order valence-corrected chi connectivity index (χ2v) is 8.72. The first-order chi connectivity index (χ1) is 17.9. The Morgan fingerprint density at radius 1 is 1.19 bits per heavy atom. The van der Waals surface area contributed by atoms with Gasteiger partial charge in [-0.15, -0.1) is 0 Å². The summed E-state index contributed by atoms with van der Waals surface area (Å²) in [4.78, 5) is 25.0. The molecule has 1 fully saturated rings. The molecule has 1 N–H and O–H groups in total. The van der Waals surface area contributed by atoms with Gasteiger partial charge in [0, 0.05) is 35.9 Å². The number of nitrogens with one attached hydrogen (secondary N) is 1. The van der Waals surface area contributed by atoms with Crippen LogP contribution in [0.3, 0.4) is 0 Å². The van der Waals surface area contributed by atoms with Crippen LogP contribution in [-0.2, 0) is 20.9 Å². The average molecular weight is 504 g/mol. The number of amides is 1. The van der Waals surface area contributed by atoms with Gasteiger partial charge in [0.1, 0.15) is 0 Å². The van der Waals surface area contributed by atoms with Crippen LogP contribution in [0.25, 0.3) is 17.3 Å². The third-order valence-corrected chi connectivity index (χ3v) is 6.18. The molecule has 2 aromatic heterocycles. The van der Waals surface area contributed by atoms with E-state index in [4.69, 9.17) is 4.74 Å². The molecule has 1 aromatic carbocycles. The molecule has 37 heavy (non-hydrogen) atoms. The monoisotopic (exact) mass is 503 g/mol. The molecule has 0 spiro atoms. The van der Waals surface area contributed by atoms with Crippen LogP contribution in [0, 0.1) is 6.92 Å². The van der Waals surface area contributed by atoms with Crippen LogP contribution >= 0.6 is 0 Å². The lowest BCUT2D eigenvalue weighted by atomic mass is 10.0. The van der Waals surface area contributed by atoms with E-state index in [-0.39, 0.29) is 11.9 Å². The van der Waals surface area contributed by atoms with Gasteiger partial charge in [0.2, 0.25) is 0 Å². The SMILES string of the molecule is C/C=C(/C(=O)NCc1cnn(C2CCOC2=O)c1)c1cnn(-c2ccc(C)cc2)c1/C=C(\C)CC.CC. The van der Waals surface area contributed by atoms with E-state index in [1.165, 1.54) is 11.1 Å². The van der Waals surface area contributed by atoms with Crippen LogP contribution in [0.5, 0.6) is 0 Å². The van der Waals surface area contributed by atoms with Gasteiger partial charge in [-0.05, 0) is 45.4 Å². The summed E-state index contributed by atoms with van der Waals surface area (Å²) in [5, 5.41) is 11.9. The highest BCUT2D eigenvalue weighted by Crippen LogP contribution is 2.26. The molecule has 1 aliphatic rings. The molecule has 1 unspecified atom stereocenters. The van der Waals surface area contributed by atoms with Gasteiger partial charge >= 0.3 is 5.97 Å².